The maximum absolute atomic E-state index is 13.4. The summed E-state index contributed by atoms with van der Waals surface area (Å²) in [6.45, 7) is 4.05. The van der Waals surface area contributed by atoms with E-state index in [0.717, 1.165) is 42.5 Å². The first kappa shape index (κ1) is 22.5. The van der Waals surface area contributed by atoms with Gasteiger partial charge < -0.3 is 14.8 Å². The third kappa shape index (κ3) is 4.68. The molecule has 176 valence electrons. The summed E-state index contributed by atoms with van der Waals surface area (Å²) in [5.74, 6) is 1.07. The molecule has 5 rings (SSSR count). The van der Waals surface area contributed by atoms with Crippen LogP contribution < -0.4 is 19.7 Å². The molecule has 1 atom stereocenters. The molecule has 3 aliphatic rings. The summed E-state index contributed by atoms with van der Waals surface area (Å²) >= 11 is 1.30. The summed E-state index contributed by atoms with van der Waals surface area (Å²) in [5.41, 5.74) is 2.92. The minimum Gasteiger partial charge on any atom is -0.454 e. The van der Waals surface area contributed by atoms with E-state index in [1.807, 2.05) is 56.3 Å². The van der Waals surface area contributed by atoms with Crippen LogP contribution in [0.2, 0.25) is 0 Å². The Morgan fingerprint density at radius 2 is 1.88 bits per heavy atom. The minimum atomic E-state index is -0.384. The summed E-state index contributed by atoms with van der Waals surface area (Å²) < 4.78 is 10.8. The Kier molecular flexibility index (Phi) is 6.32. The zero-order valence-electron chi connectivity index (χ0n) is 19.2. The number of rotatable bonds is 5. The highest BCUT2D eigenvalue weighted by Gasteiger charge is 2.34. The first-order valence-corrected chi connectivity index (χ1v) is 12.4. The van der Waals surface area contributed by atoms with Gasteiger partial charge in [-0.15, -0.1) is 0 Å². The van der Waals surface area contributed by atoms with Gasteiger partial charge in [-0.25, -0.2) is 4.99 Å². The van der Waals surface area contributed by atoms with E-state index in [0.29, 0.717) is 22.4 Å². The summed E-state index contributed by atoms with van der Waals surface area (Å²) in [5, 5.41) is 3.25. The van der Waals surface area contributed by atoms with Crippen molar-refractivity contribution in [2.45, 2.75) is 50.8 Å². The van der Waals surface area contributed by atoms with Crippen molar-refractivity contribution in [1.29, 1.82) is 0 Å². The van der Waals surface area contributed by atoms with Crippen molar-refractivity contribution in [2.24, 2.45) is 4.99 Å². The van der Waals surface area contributed by atoms with Crippen LogP contribution >= 0.6 is 11.8 Å². The molecule has 1 fully saturated rings. The second-order valence-electron chi connectivity index (χ2n) is 8.76. The normalized spacial score (nSPS) is 19.6. The van der Waals surface area contributed by atoms with Crippen LogP contribution in [-0.2, 0) is 9.59 Å². The van der Waals surface area contributed by atoms with Gasteiger partial charge in [0.15, 0.2) is 16.7 Å². The quantitative estimate of drug-likeness (QED) is 0.634. The summed E-state index contributed by atoms with van der Waals surface area (Å²) in [6, 6.07) is 13.5. The number of carbonyl (C=O) groups excluding carboxylic acids is 2. The van der Waals surface area contributed by atoms with E-state index < -0.39 is 0 Å². The fourth-order valence-corrected chi connectivity index (χ4v) is 5.19. The molecule has 0 saturated heterocycles. The molecule has 2 amide bonds. The smallest absolute Gasteiger partial charge is 0.283 e. The van der Waals surface area contributed by atoms with Crippen molar-refractivity contribution < 1.29 is 19.1 Å². The Balaban J connectivity index is 1.42. The fourth-order valence-electron chi connectivity index (χ4n) is 4.26. The van der Waals surface area contributed by atoms with Crippen molar-refractivity contribution in [1.82, 2.24) is 5.32 Å². The number of hydrogen-bond donors (Lipinski definition) is 1. The molecular weight excluding hydrogens is 450 g/mol. The highest BCUT2D eigenvalue weighted by atomic mass is 32.2. The molecule has 2 aromatic carbocycles. The van der Waals surface area contributed by atoms with E-state index in [4.69, 9.17) is 9.47 Å². The highest BCUT2D eigenvalue weighted by molar-refractivity contribution is 8.15. The number of fused-ring (bicyclic) bond motifs is 1. The number of ether oxygens (including phenoxy) is 2. The second-order valence-corrected chi connectivity index (χ2v) is 10.1. The average molecular weight is 478 g/mol. The number of amidine groups is 1. The summed E-state index contributed by atoms with van der Waals surface area (Å²) in [6.07, 6.45) is 6.11. The first-order valence-electron chi connectivity index (χ1n) is 11.6. The number of nitrogens with zero attached hydrogens (tertiary/aromatic N) is 2. The van der Waals surface area contributed by atoms with Crippen LogP contribution in [0.3, 0.4) is 0 Å². The van der Waals surface area contributed by atoms with Crippen molar-refractivity contribution in [3.8, 4) is 11.5 Å². The number of carbonyl (C=O) groups is 2. The number of nitrogens with one attached hydrogen (secondary N) is 1. The zero-order valence-corrected chi connectivity index (χ0v) is 20.1. The molecule has 1 aliphatic carbocycles. The Labute approximate surface area is 203 Å². The van der Waals surface area contributed by atoms with E-state index in [9.17, 15) is 9.59 Å². The zero-order chi connectivity index (χ0) is 23.7. The minimum absolute atomic E-state index is 0.0240. The fraction of sp³-hybridized carbons (Fsp3) is 0.346. The number of aryl methyl sites for hydroxylation is 1. The number of amides is 2. The predicted octanol–water partition coefficient (Wildman–Crippen LogP) is 4.65. The van der Waals surface area contributed by atoms with Crippen molar-refractivity contribution in [3.63, 3.8) is 0 Å². The molecular formula is C26H27N3O4S. The van der Waals surface area contributed by atoms with Crippen LogP contribution in [0.4, 0.5) is 5.69 Å². The molecule has 34 heavy (non-hydrogen) atoms. The largest absolute Gasteiger partial charge is 0.454 e. The molecule has 0 spiro atoms. The molecule has 0 bridgehead atoms. The van der Waals surface area contributed by atoms with Gasteiger partial charge in [-0.3, -0.25) is 14.5 Å². The summed E-state index contributed by atoms with van der Waals surface area (Å²) in [4.78, 5) is 32.5. The van der Waals surface area contributed by atoms with Gasteiger partial charge >= 0.3 is 0 Å². The molecule has 0 unspecified atom stereocenters. The second kappa shape index (κ2) is 9.54. The highest BCUT2D eigenvalue weighted by Crippen LogP contribution is 2.35. The van der Waals surface area contributed by atoms with Crippen LogP contribution in [0.25, 0.3) is 6.08 Å². The Morgan fingerprint density at radius 3 is 2.65 bits per heavy atom. The van der Waals surface area contributed by atoms with Crippen LogP contribution in [0.1, 0.15) is 43.7 Å². The third-order valence-corrected chi connectivity index (χ3v) is 7.23. The average Bonchev–Trinajstić information content (AvgIpc) is 3.56. The molecule has 2 aliphatic heterocycles. The number of anilines is 1. The van der Waals surface area contributed by atoms with Gasteiger partial charge in [0, 0.05) is 6.04 Å². The topological polar surface area (TPSA) is 80.2 Å². The lowest BCUT2D eigenvalue weighted by Gasteiger charge is -2.21. The number of hydrogen-bond acceptors (Lipinski definition) is 6. The predicted molar refractivity (Wildman–Crippen MR) is 134 cm³/mol. The molecule has 8 heteroatoms. The van der Waals surface area contributed by atoms with Crippen LogP contribution in [0.5, 0.6) is 11.5 Å². The third-order valence-electron chi connectivity index (χ3n) is 6.17. The Morgan fingerprint density at radius 1 is 1.15 bits per heavy atom. The van der Waals surface area contributed by atoms with Gasteiger partial charge in [-0.2, -0.15) is 0 Å². The lowest BCUT2D eigenvalue weighted by molar-refractivity contribution is -0.121. The van der Waals surface area contributed by atoms with Crippen LogP contribution in [-0.4, -0.2) is 35.1 Å². The van der Waals surface area contributed by atoms with E-state index in [-0.39, 0.29) is 29.9 Å². The van der Waals surface area contributed by atoms with Gasteiger partial charge in [-0.05, 0) is 62.6 Å². The number of benzene rings is 2. The van der Waals surface area contributed by atoms with Crippen LogP contribution in [0.15, 0.2) is 53.2 Å². The Bertz CT molecular complexity index is 1170. The molecule has 2 aromatic rings. The Hall–Kier alpha value is -3.26. The molecule has 0 aromatic heterocycles. The molecule has 2 heterocycles. The van der Waals surface area contributed by atoms with Gasteiger partial charge in [0.2, 0.25) is 12.7 Å². The maximum atomic E-state index is 13.4. The maximum Gasteiger partial charge on any atom is 0.283 e. The van der Waals surface area contributed by atoms with Crippen molar-refractivity contribution >= 4 is 40.5 Å². The van der Waals surface area contributed by atoms with E-state index >= 15 is 0 Å². The lowest BCUT2D eigenvalue weighted by atomic mass is 10.1. The van der Waals surface area contributed by atoms with E-state index in [1.165, 1.54) is 11.8 Å². The summed E-state index contributed by atoms with van der Waals surface area (Å²) in [7, 11) is 0. The van der Waals surface area contributed by atoms with Crippen LogP contribution in [0, 0.1) is 6.92 Å². The van der Waals surface area contributed by atoms with Gasteiger partial charge in [0.25, 0.3) is 5.91 Å². The molecule has 7 nitrogen and oxygen atoms in total. The number of aliphatic imine (C=N–C) groups is 1. The molecule has 1 saturated carbocycles. The number of thioether (sulfide) groups is 1. The van der Waals surface area contributed by atoms with Gasteiger partial charge in [0.1, 0.15) is 5.70 Å². The van der Waals surface area contributed by atoms with E-state index in [1.54, 1.807) is 11.0 Å². The van der Waals surface area contributed by atoms with Gasteiger partial charge in [-0.1, -0.05) is 48.4 Å². The monoisotopic (exact) mass is 477 g/mol. The van der Waals surface area contributed by atoms with Gasteiger partial charge in [0.05, 0.1) is 10.9 Å². The van der Waals surface area contributed by atoms with Crippen molar-refractivity contribution in [2.75, 3.05) is 11.7 Å². The lowest BCUT2D eigenvalue weighted by Crippen LogP contribution is -2.39. The molecule has 0 radical (unpaired) electrons. The standard InChI is InChI=1S/C26H27N3O4S/c1-16-7-10-20(11-8-16)29-25(31)21(13-18-9-12-22-23(14-18)33-15-32-22)28-26(29)34-17(2)24(30)27-19-5-3-4-6-19/h7-14,17,19H,3-6,15H2,1-2H3,(H,27,30)/b21-13-/t17-/m1/s1. The van der Waals surface area contributed by atoms with Crippen molar-refractivity contribution in [3.05, 3.63) is 59.3 Å². The first-order chi connectivity index (χ1) is 16.5. The van der Waals surface area contributed by atoms with E-state index in [2.05, 4.69) is 10.3 Å². The molecule has 1 N–H and O–H groups in total. The SMILES string of the molecule is Cc1ccc(N2C(=O)/C(=C/c3ccc4c(c3)OCO4)N=C2S[C@H](C)C(=O)NC2CCCC2)cc1.